The van der Waals surface area contributed by atoms with Crippen LogP contribution in [0.15, 0.2) is 63.5 Å². The van der Waals surface area contributed by atoms with Crippen LogP contribution in [0.1, 0.15) is 58.2 Å². The molecule has 0 saturated carbocycles. The van der Waals surface area contributed by atoms with Crippen molar-refractivity contribution in [3.63, 3.8) is 0 Å². The van der Waals surface area contributed by atoms with Gasteiger partial charge in [0.15, 0.2) is 16.3 Å². The third-order valence-electron chi connectivity index (χ3n) is 6.41. The molecule has 0 aliphatic carbocycles. The summed E-state index contributed by atoms with van der Waals surface area (Å²) in [6, 6.07) is 12.3. The van der Waals surface area contributed by atoms with Gasteiger partial charge in [-0.25, -0.2) is 9.79 Å². The van der Waals surface area contributed by atoms with E-state index in [2.05, 4.69) is 11.9 Å². The Kier molecular flexibility index (Phi) is 8.91. The van der Waals surface area contributed by atoms with Crippen LogP contribution in [-0.2, 0) is 9.53 Å². The largest absolute Gasteiger partial charge is 0.494 e. The molecule has 1 aromatic heterocycles. The number of esters is 1. The predicted octanol–water partition coefficient (Wildman–Crippen LogP) is 4.38. The Morgan fingerprint density at radius 2 is 1.85 bits per heavy atom. The summed E-state index contributed by atoms with van der Waals surface area (Å²) >= 11 is 1.27. The number of rotatable bonds is 10. The lowest BCUT2D eigenvalue weighted by Gasteiger charge is -2.24. The highest BCUT2D eigenvalue weighted by molar-refractivity contribution is 7.07. The quantitative estimate of drug-likeness (QED) is 0.348. The van der Waals surface area contributed by atoms with Crippen LogP contribution in [0, 0.1) is 0 Å². The molecule has 39 heavy (non-hydrogen) atoms. The van der Waals surface area contributed by atoms with Crippen molar-refractivity contribution in [1.29, 1.82) is 0 Å². The fraction of sp³-hybridized carbons (Fsp3) is 0.367. The van der Waals surface area contributed by atoms with Crippen LogP contribution >= 0.6 is 11.3 Å². The van der Waals surface area contributed by atoms with Gasteiger partial charge in [0.1, 0.15) is 5.75 Å². The van der Waals surface area contributed by atoms with Gasteiger partial charge < -0.3 is 18.9 Å². The second-order valence-corrected chi connectivity index (χ2v) is 10.1. The van der Waals surface area contributed by atoms with Gasteiger partial charge in [-0.15, -0.1) is 0 Å². The first-order chi connectivity index (χ1) is 18.8. The molecule has 0 amide bonds. The van der Waals surface area contributed by atoms with Crippen molar-refractivity contribution in [2.45, 2.75) is 53.2 Å². The van der Waals surface area contributed by atoms with Crippen molar-refractivity contribution in [2.24, 2.45) is 4.99 Å². The molecule has 0 N–H and O–H groups in total. The van der Waals surface area contributed by atoms with Crippen LogP contribution in [-0.4, -0.2) is 37.0 Å². The third kappa shape index (κ3) is 5.93. The second-order valence-electron chi connectivity index (χ2n) is 9.05. The Bertz CT molecular complexity index is 1550. The summed E-state index contributed by atoms with van der Waals surface area (Å²) in [4.78, 5) is 32.1. The van der Waals surface area contributed by atoms with Crippen LogP contribution in [0.25, 0.3) is 6.08 Å². The Labute approximate surface area is 231 Å². The number of fused-ring (bicyclic) bond motifs is 1. The first kappa shape index (κ1) is 28.2. The topological polar surface area (TPSA) is 88.4 Å². The number of aromatic nitrogens is 1. The number of carbonyl (C=O) groups is 1. The van der Waals surface area contributed by atoms with E-state index in [1.807, 2.05) is 56.3 Å². The monoisotopic (exact) mass is 550 g/mol. The highest BCUT2D eigenvalue weighted by atomic mass is 32.1. The van der Waals surface area contributed by atoms with Crippen molar-refractivity contribution in [1.82, 2.24) is 4.57 Å². The highest BCUT2D eigenvalue weighted by Gasteiger charge is 2.33. The minimum absolute atomic E-state index is 0.0490. The molecule has 1 aliphatic rings. The second kappa shape index (κ2) is 12.3. The van der Waals surface area contributed by atoms with Gasteiger partial charge in [0.05, 0.1) is 48.3 Å². The molecule has 3 aromatic rings. The van der Waals surface area contributed by atoms with Gasteiger partial charge >= 0.3 is 5.97 Å². The molecule has 1 aliphatic heterocycles. The summed E-state index contributed by atoms with van der Waals surface area (Å²) in [5.74, 6) is 1.45. The molecule has 0 saturated heterocycles. The zero-order chi connectivity index (χ0) is 28.1. The Balaban J connectivity index is 1.84. The standard InChI is InChI=1S/C30H34N2O6S/c1-7-18(4)38-23-15-10-20(16-24(23)35-6)17-25-28(33)32-27(21-11-13-22(14-12-21)36-8-2)26(29(34)37-9-3)19(5)31-30(32)39-25/h10-18,27H,7-9H2,1-6H3/b25-17+/t18-,27+/m1/s1. The highest BCUT2D eigenvalue weighted by Crippen LogP contribution is 2.32. The molecule has 0 spiro atoms. The molecule has 206 valence electrons. The van der Waals surface area contributed by atoms with E-state index in [0.717, 1.165) is 17.5 Å². The summed E-state index contributed by atoms with van der Waals surface area (Å²) < 4.78 is 24.5. The van der Waals surface area contributed by atoms with E-state index >= 15 is 0 Å². The van der Waals surface area contributed by atoms with Gasteiger partial charge in [-0.2, -0.15) is 0 Å². The summed E-state index contributed by atoms with van der Waals surface area (Å²) in [5.41, 5.74) is 2.16. The predicted molar refractivity (Wildman–Crippen MR) is 151 cm³/mol. The van der Waals surface area contributed by atoms with Gasteiger partial charge in [0.25, 0.3) is 5.56 Å². The van der Waals surface area contributed by atoms with Crippen molar-refractivity contribution < 1.29 is 23.7 Å². The Morgan fingerprint density at radius 1 is 1.10 bits per heavy atom. The van der Waals surface area contributed by atoms with E-state index in [-0.39, 0.29) is 18.3 Å². The maximum absolute atomic E-state index is 13.8. The number of allylic oxidation sites excluding steroid dienone is 1. The number of methoxy groups -OCH3 is 1. The van der Waals surface area contributed by atoms with Crippen LogP contribution in [0.5, 0.6) is 17.2 Å². The van der Waals surface area contributed by atoms with E-state index < -0.39 is 12.0 Å². The van der Waals surface area contributed by atoms with Gasteiger partial charge in [-0.05, 0) is 75.6 Å². The van der Waals surface area contributed by atoms with Crippen LogP contribution in [0.2, 0.25) is 0 Å². The number of ether oxygens (including phenoxy) is 4. The van der Waals surface area contributed by atoms with Crippen molar-refractivity contribution in [3.8, 4) is 17.2 Å². The molecule has 2 aromatic carbocycles. The Hall–Kier alpha value is -3.85. The lowest BCUT2D eigenvalue weighted by molar-refractivity contribution is -0.139. The molecule has 0 unspecified atom stereocenters. The summed E-state index contributed by atoms with van der Waals surface area (Å²) in [7, 11) is 1.59. The van der Waals surface area contributed by atoms with Gasteiger partial charge in [-0.3, -0.25) is 9.36 Å². The van der Waals surface area contributed by atoms with E-state index in [9.17, 15) is 9.59 Å². The summed E-state index contributed by atoms with van der Waals surface area (Å²) in [6.45, 7) is 10.3. The molecule has 4 rings (SSSR count). The number of benzene rings is 2. The van der Waals surface area contributed by atoms with Crippen LogP contribution < -0.4 is 29.1 Å². The smallest absolute Gasteiger partial charge is 0.338 e. The molecule has 0 fully saturated rings. The number of thiazole rings is 1. The number of carbonyl (C=O) groups excluding carboxylic acids is 1. The van der Waals surface area contributed by atoms with E-state index in [1.165, 1.54) is 11.3 Å². The van der Waals surface area contributed by atoms with Crippen molar-refractivity contribution in [2.75, 3.05) is 20.3 Å². The molecule has 0 radical (unpaired) electrons. The first-order valence-electron chi connectivity index (χ1n) is 13.1. The van der Waals surface area contributed by atoms with Crippen LogP contribution in [0.4, 0.5) is 0 Å². The minimum atomic E-state index is -0.682. The lowest BCUT2D eigenvalue weighted by Crippen LogP contribution is -2.39. The molecular weight excluding hydrogens is 516 g/mol. The maximum atomic E-state index is 13.8. The first-order valence-corrected chi connectivity index (χ1v) is 13.9. The fourth-order valence-electron chi connectivity index (χ4n) is 4.34. The lowest BCUT2D eigenvalue weighted by atomic mass is 9.96. The molecule has 9 heteroatoms. The maximum Gasteiger partial charge on any atom is 0.338 e. The fourth-order valence-corrected chi connectivity index (χ4v) is 5.39. The normalized spacial score (nSPS) is 15.8. The SMILES string of the molecule is CCOC(=O)C1=C(C)N=c2s/c(=C/c3ccc(O[C@H](C)CC)c(OC)c3)c(=O)n2[C@H]1c1ccc(OCC)cc1. The molecule has 2 heterocycles. The average molecular weight is 551 g/mol. The summed E-state index contributed by atoms with van der Waals surface area (Å²) in [5, 5.41) is 0. The Morgan fingerprint density at radius 3 is 2.49 bits per heavy atom. The average Bonchev–Trinajstić information content (AvgIpc) is 3.23. The molecule has 0 bridgehead atoms. The van der Waals surface area contributed by atoms with Gasteiger partial charge in [-0.1, -0.05) is 36.5 Å². The molecule has 8 nitrogen and oxygen atoms in total. The number of hydrogen-bond acceptors (Lipinski definition) is 8. The third-order valence-corrected chi connectivity index (χ3v) is 7.40. The minimum Gasteiger partial charge on any atom is -0.494 e. The van der Waals surface area contributed by atoms with E-state index in [0.29, 0.717) is 44.5 Å². The summed E-state index contributed by atoms with van der Waals surface area (Å²) in [6.07, 6.45) is 2.72. The zero-order valence-corrected chi connectivity index (χ0v) is 24.0. The zero-order valence-electron chi connectivity index (χ0n) is 23.1. The number of hydrogen-bond donors (Lipinski definition) is 0. The van der Waals surface area contributed by atoms with Gasteiger partial charge in [0, 0.05) is 0 Å². The van der Waals surface area contributed by atoms with Crippen molar-refractivity contribution in [3.05, 3.63) is 84.5 Å². The van der Waals surface area contributed by atoms with E-state index in [1.54, 1.807) is 31.6 Å². The van der Waals surface area contributed by atoms with Crippen LogP contribution in [0.3, 0.4) is 0 Å². The molecule has 2 atom stereocenters. The van der Waals surface area contributed by atoms with E-state index in [4.69, 9.17) is 18.9 Å². The van der Waals surface area contributed by atoms with Gasteiger partial charge in [0.2, 0.25) is 0 Å². The van der Waals surface area contributed by atoms with Crippen molar-refractivity contribution >= 4 is 23.4 Å². The number of nitrogens with zero attached hydrogens (tertiary/aromatic N) is 2. The molecular formula is C30H34N2O6S.